The van der Waals surface area contributed by atoms with E-state index in [4.69, 9.17) is 10.00 Å². The number of nitrogens with one attached hydrogen (secondary N) is 1. The standard InChI is InChI=1S/C19H25N3O3/c1-19(2,3)25-18(24)21-13-16-9-4-5-10-22(16)17(23)15-8-6-7-14(11-15)12-20/h6-8,11,16H,4-5,9-10,13H2,1-3H3,(H,21,24)/t16-/m1/s1. The molecule has 1 fully saturated rings. The van der Waals surface area contributed by atoms with Crippen LogP contribution >= 0.6 is 0 Å². The molecule has 1 aliphatic rings. The van der Waals surface area contributed by atoms with Gasteiger partial charge in [0.25, 0.3) is 5.91 Å². The number of nitriles is 1. The van der Waals surface area contributed by atoms with Gasteiger partial charge in [0.1, 0.15) is 5.60 Å². The van der Waals surface area contributed by atoms with E-state index in [9.17, 15) is 9.59 Å². The highest BCUT2D eigenvalue weighted by atomic mass is 16.6. The highest BCUT2D eigenvalue weighted by Crippen LogP contribution is 2.20. The molecule has 6 heteroatoms. The Kier molecular flexibility index (Phi) is 6.02. The smallest absolute Gasteiger partial charge is 0.407 e. The summed E-state index contributed by atoms with van der Waals surface area (Å²) in [6, 6.07) is 8.70. The van der Waals surface area contributed by atoms with Crippen LogP contribution in [0.3, 0.4) is 0 Å². The lowest BCUT2D eigenvalue weighted by atomic mass is 10.00. The molecule has 1 aromatic carbocycles. The van der Waals surface area contributed by atoms with Crippen LogP contribution in [-0.4, -0.2) is 41.6 Å². The monoisotopic (exact) mass is 343 g/mol. The molecule has 1 heterocycles. The molecule has 0 bridgehead atoms. The number of carbonyl (C=O) groups excluding carboxylic acids is 2. The Bertz CT molecular complexity index is 673. The van der Waals surface area contributed by atoms with Crippen molar-refractivity contribution in [1.29, 1.82) is 5.26 Å². The molecule has 2 amide bonds. The topological polar surface area (TPSA) is 82.4 Å². The van der Waals surface area contributed by atoms with Crippen molar-refractivity contribution in [3.63, 3.8) is 0 Å². The number of ether oxygens (including phenoxy) is 1. The average Bonchev–Trinajstić information content (AvgIpc) is 2.58. The first-order valence-corrected chi connectivity index (χ1v) is 8.58. The highest BCUT2D eigenvalue weighted by molar-refractivity contribution is 5.94. The number of nitrogens with zero attached hydrogens (tertiary/aromatic N) is 2. The van der Waals surface area contributed by atoms with E-state index in [-0.39, 0.29) is 11.9 Å². The van der Waals surface area contributed by atoms with Crippen molar-refractivity contribution in [2.45, 2.75) is 51.7 Å². The summed E-state index contributed by atoms with van der Waals surface area (Å²) in [6.07, 6.45) is 2.31. The fourth-order valence-electron chi connectivity index (χ4n) is 2.88. The van der Waals surface area contributed by atoms with Crippen LogP contribution in [0.15, 0.2) is 24.3 Å². The van der Waals surface area contributed by atoms with E-state index in [1.54, 1.807) is 29.2 Å². The number of alkyl carbamates (subject to hydrolysis) is 1. The molecule has 6 nitrogen and oxygen atoms in total. The lowest BCUT2D eigenvalue weighted by Crippen LogP contribution is -2.50. The van der Waals surface area contributed by atoms with Gasteiger partial charge in [-0.15, -0.1) is 0 Å². The minimum Gasteiger partial charge on any atom is -0.444 e. The Morgan fingerprint density at radius 3 is 2.80 bits per heavy atom. The molecule has 0 spiro atoms. The molecule has 2 rings (SSSR count). The summed E-state index contributed by atoms with van der Waals surface area (Å²) in [6.45, 7) is 6.44. The number of hydrogen-bond donors (Lipinski definition) is 1. The third-order valence-electron chi connectivity index (χ3n) is 4.01. The molecule has 1 aromatic rings. The predicted molar refractivity (Wildman–Crippen MR) is 94.1 cm³/mol. The first-order chi connectivity index (χ1) is 11.8. The predicted octanol–water partition coefficient (Wildman–Crippen LogP) is 3.08. The Balaban J connectivity index is 2.03. The Morgan fingerprint density at radius 2 is 2.12 bits per heavy atom. The fraction of sp³-hybridized carbons (Fsp3) is 0.526. The van der Waals surface area contributed by atoms with Crippen LogP contribution < -0.4 is 5.32 Å². The zero-order chi connectivity index (χ0) is 18.4. The third kappa shape index (κ3) is 5.49. The summed E-state index contributed by atoms with van der Waals surface area (Å²) in [5.74, 6) is -0.104. The van der Waals surface area contributed by atoms with Gasteiger partial charge in [0.2, 0.25) is 0 Å². The van der Waals surface area contributed by atoms with Crippen LogP contribution in [0.25, 0.3) is 0 Å². The molecule has 1 saturated heterocycles. The molecule has 134 valence electrons. The summed E-state index contributed by atoms with van der Waals surface area (Å²) in [5, 5.41) is 11.8. The normalized spacial score (nSPS) is 17.5. The quantitative estimate of drug-likeness (QED) is 0.914. The summed E-state index contributed by atoms with van der Waals surface area (Å²) < 4.78 is 5.25. The van der Waals surface area contributed by atoms with Crippen molar-refractivity contribution in [1.82, 2.24) is 10.2 Å². The number of carbonyl (C=O) groups is 2. The van der Waals surface area contributed by atoms with Crippen molar-refractivity contribution < 1.29 is 14.3 Å². The zero-order valence-corrected chi connectivity index (χ0v) is 15.0. The second-order valence-electron chi connectivity index (χ2n) is 7.22. The SMILES string of the molecule is CC(C)(C)OC(=O)NC[C@H]1CCCCN1C(=O)c1cccc(C#N)c1. The number of rotatable bonds is 3. The van der Waals surface area contributed by atoms with E-state index in [0.29, 0.717) is 24.2 Å². The van der Waals surface area contributed by atoms with Crippen LogP contribution in [0, 0.1) is 11.3 Å². The van der Waals surface area contributed by atoms with E-state index in [0.717, 1.165) is 19.3 Å². The van der Waals surface area contributed by atoms with E-state index in [1.165, 1.54) is 0 Å². The minimum absolute atomic E-state index is 0.0699. The van der Waals surface area contributed by atoms with Gasteiger partial charge in [-0.2, -0.15) is 5.26 Å². The molecule has 0 saturated carbocycles. The van der Waals surface area contributed by atoms with Crippen molar-refractivity contribution in [3.8, 4) is 6.07 Å². The molecule has 0 aliphatic carbocycles. The van der Waals surface area contributed by atoms with Gasteiger partial charge in [0, 0.05) is 24.7 Å². The van der Waals surface area contributed by atoms with E-state index in [1.807, 2.05) is 20.8 Å². The Hall–Kier alpha value is -2.55. The van der Waals surface area contributed by atoms with Crippen molar-refractivity contribution in [2.24, 2.45) is 0 Å². The average molecular weight is 343 g/mol. The molecular formula is C19H25N3O3. The lowest BCUT2D eigenvalue weighted by Gasteiger charge is -2.36. The maximum atomic E-state index is 12.8. The third-order valence-corrected chi connectivity index (χ3v) is 4.01. The van der Waals surface area contributed by atoms with Gasteiger partial charge in [-0.25, -0.2) is 4.79 Å². The van der Waals surface area contributed by atoms with Gasteiger partial charge < -0.3 is 15.0 Å². The second kappa shape index (κ2) is 8.02. The van der Waals surface area contributed by atoms with Gasteiger partial charge in [0.05, 0.1) is 11.6 Å². The van der Waals surface area contributed by atoms with E-state index >= 15 is 0 Å². The van der Waals surface area contributed by atoms with Gasteiger partial charge in [0.15, 0.2) is 0 Å². The van der Waals surface area contributed by atoms with Crippen LogP contribution in [-0.2, 0) is 4.74 Å². The molecule has 0 unspecified atom stereocenters. The Morgan fingerprint density at radius 1 is 1.36 bits per heavy atom. The van der Waals surface area contributed by atoms with Gasteiger partial charge in [-0.1, -0.05) is 6.07 Å². The van der Waals surface area contributed by atoms with Crippen LogP contribution in [0.4, 0.5) is 4.79 Å². The van der Waals surface area contributed by atoms with Crippen molar-refractivity contribution in [3.05, 3.63) is 35.4 Å². The van der Waals surface area contributed by atoms with Gasteiger partial charge in [-0.05, 0) is 58.2 Å². The maximum Gasteiger partial charge on any atom is 0.407 e. The van der Waals surface area contributed by atoms with Crippen LogP contribution in [0.1, 0.15) is 56.0 Å². The molecule has 25 heavy (non-hydrogen) atoms. The summed E-state index contributed by atoms with van der Waals surface area (Å²) in [7, 11) is 0. The molecular weight excluding hydrogens is 318 g/mol. The minimum atomic E-state index is -0.552. The fourth-order valence-corrected chi connectivity index (χ4v) is 2.88. The number of hydrogen-bond acceptors (Lipinski definition) is 4. The maximum absolute atomic E-state index is 12.8. The largest absolute Gasteiger partial charge is 0.444 e. The van der Waals surface area contributed by atoms with Gasteiger partial charge >= 0.3 is 6.09 Å². The second-order valence-corrected chi connectivity index (χ2v) is 7.22. The molecule has 1 aliphatic heterocycles. The Labute approximate surface area is 148 Å². The van der Waals surface area contributed by atoms with Crippen molar-refractivity contribution in [2.75, 3.05) is 13.1 Å². The number of amides is 2. The number of benzene rings is 1. The number of likely N-dealkylation sites (tertiary alicyclic amines) is 1. The highest BCUT2D eigenvalue weighted by Gasteiger charge is 2.28. The lowest BCUT2D eigenvalue weighted by molar-refractivity contribution is 0.0462. The molecule has 1 atom stereocenters. The molecule has 0 aromatic heterocycles. The van der Waals surface area contributed by atoms with E-state index in [2.05, 4.69) is 11.4 Å². The van der Waals surface area contributed by atoms with Crippen molar-refractivity contribution >= 4 is 12.0 Å². The number of piperidine rings is 1. The molecule has 0 radical (unpaired) electrons. The first kappa shape index (κ1) is 18.8. The van der Waals surface area contributed by atoms with Crippen LogP contribution in [0.5, 0.6) is 0 Å². The van der Waals surface area contributed by atoms with E-state index < -0.39 is 11.7 Å². The van der Waals surface area contributed by atoms with Gasteiger partial charge in [-0.3, -0.25) is 4.79 Å². The van der Waals surface area contributed by atoms with Crippen LogP contribution in [0.2, 0.25) is 0 Å². The zero-order valence-electron chi connectivity index (χ0n) is 15.0. The summed E-state index contributed by atoms with van der Waals surface area (Å²) >= 11 is 0. The summed E-state index contributed by atoms with van der Waals surface area (Å²) in [5.41, 5.74) is 0.415. The first-order valence-electron chi connectivity index (χ1n) is 8.58. The summed E-state index contributed by atoms with van der Waals surface area (Å²) in [4.78, 5) is 26.5. The molecule has 1 N–H and O–H groups in total.